The van der Waals surface area contributed by atoms with Crippen molar-refractivity contribution in [1.29, 1.82) is 0 Å². The molecule has 160 valence electrons. The normalized spacial score (nSPS) is 17.5. The van der Waals surface area contributed by atoms with Crippen molar-refractivity contribution in [2.45, 2.75) is 31.3 Å². The van der Waals surface area contributed by atoms with Crippen LogP contribution in [0.4, 0.5) is 5.82 Å². The van der Waals surface area contributed by atoms with Crippen LogP contribution in [0.2, 0.25) is 0 Å². The van der Waals surface area contributed by atoms with Gasteiger partial charge < -0.3 is 15.6 Å². The lowest BCUT2D eigenvalue weighted by Crippen LogP contribution is -2.46. The van der Waals surface area contributed by atoms with Gasteiger partial charge >= 0.3 is 0 Å². The van der Waals surface area contributed by atoms with Gasteiger partial charge in [0.2, 0.25) is 0 Å². The molecule has 1 saturated carbocycles. The van der Waals surface area contributed by atoms with Crippen molar-refractivity contribution >= 4 is 11.7 Å². The summed E-state index contributed by atoms with van der Waals surface area (Å²) in [5.74, 6) is 0.773. The van der Waals surface area contributed by atoms with Gasteiger partial charge in [0, 0.05) is 28.9 Å². The van der Waals surface area contributed by atoms with Crippen LogP contribution in [0.15, 0.2) is 91.0 Å². The van der Waals surface area contributed by atoms with E-state index in [1.165, 1.54) is 5.69 Å². The monoisotopic (exact) mass is 422 g/mol. The van der Waals surface area contributed by atoms with E-state index in [2.05, 4.69) is 51.3 Å². The van der Waals surface area contributed by atoms with Gasteiger partial charge in [0.25, 0.3) is 5.91 Å². The summed E-state index contributed by atoms with van der Waals surface area (Å²) in [5, 5.41) is 3.24. The third kappa shape index (κ3) is 4.02. The predicted octanol–water partition coefficient (Wildman–Crippen LogP) is 4.86. The maximum atomic E-state index is 12.7. The van der Waals surface area contributed by atoms with Gasteiger partial charge in [0.1, 0.15) is 5.82 Å². The van der Waals surface area contributed by atoms with Crippen LogP contribution in [-0.4, -0.2) is 21.5 Å². The number of rotatable bonds is 6. The van der Waals surface area contributed by atoms with E-state index in [0.717, 1.165) is 29.8 Å². The Morgan fingerprint density at radius 1 is 0.906 bits per heavy atom. The Morgan fingerprint density at radius 2 is 1.66 bits per heavy atom. The van der Waals surface area contributed by atoms with Crippen LogP contribution in [0.5, 0.6) is 0 Å². The number of nitrogens with one attached hydrogen (secondary N) is 1. The molecule has 5 heteroatoms. The quantitative estimate of drug-likeness (QED) is 0.466. The molecule has 4 aromatic rings. The van der Waals surface area contributed by atoms with Gasteiger partial charge in [0.15, 0.2) is 0 Å². The zero-order chi connectivity index (χ0) is 21.9. The summed E-state index contributed by atoms with van der Waals surface area (Å²) < 4.78 is 2.32. The van der Waals surface area contributed by atoms with Crippen molar-refractivity contribution in [3.63, 3.8) is 0 Å². The molecule has 1 amide bonds. The number of aromatic nitrogens is 2. The van der Waals surface area contributed by atoms with E-state index in [4.69, 9.17) is 5.73 Å². The number of pyridine rings is 1. The van der Waals surface area contributed by atoms with E-state index in [0.29, 0.717) is 17.9 Å². The molecule has 32 heavy (non-hydrogen) atoms. The fraction of sp³-hybridized carbons (Fsp3) is 0.185. The van der Waals surface area contributed by atoms with E-state index in [9.17, 15) is 4.79 Å². The molecule has 2 atom stereocenters. The Labute approximate surface area is 187 Å². The van der Waals surface area contributed by atoms with Gasteiger partial charge in [-0.3, -0.25) is 4.79 Å². The first kappa shape index (κ1) is 20.1. The minimum Gasteiger partial charge on any atom is -0.384 e. The third-order valence-corrected chi connectivity index (χ3v) is 6.24. The van der Waals surface area contributed by atoms with E-state index in [1.807, 2.05) is 48.5 Å². The molecule has 3 N–H and O–H groups in total. The summed E-state index contributed by atoms with van der Waals surface area (Å²) in [6, 6.07) is 30.0. The first-order chi connectivity index (χ1) is 15.7. The molecule has 1 aliphatic rings. The minimum atomic E-state index is -0.0146. The number of nitrogens with two attached hydrogens (primary N) is 1. The number of nitrogen functional groups attached to an aromatic ring is 1. The second-order valence-electron chi connectivity index (χ2n) is 8.28. The van der Waals surface area contributed by atoms with Crippen molar-refractivity contribution < 1.29 is 4.79 Å². The van der Waals surface area contributed by atoms with Crippen LogP contribution >= 0.6 is 0 Å². The van der Waals surface area contributed by atoms with Gasteiger partial charge in [-0.1, -0.05) is 54.6 Å². The van der Waals surface area contributed by atoms with Crippen molar-refractivity contribution in [3.05, 3.63) is 108 Å². The van der Waals surface area contributed by atoms with E-state index < -0.39 is 0 Å². The maximum Gasteiger partial charge on any atom is 0.251 e. The number of carbonyl (C=O) groups excluding carboxylic acids is 1. The van der Waals surface area contributed by atoms with Gasteiger partial charge in [-0.15, -0.1) is 0 Å². The van der Waals surface area contributed by atoms with E-state index >= 15 is 0 Å². The highest BCUT2D eigenvalue weighted by atomic mass is 16.1. The molecular weight excluding hydrogens is 396 g/mol. The molecule has 2 heterocycles. The van der Waals surface area contributed by atoms with Crippen LogP contribution in [0, 0.1) is 0 Å². The first-order valence-electron chi connectivity index (χ1n) is 11.0. The summed E-state index contributed by atoms with van der Waals surface area (Å²) >= 11 is 0. The third-order valence-electron chi connectivity index (χ3n) is 6.24. The van der Waals surface area contributed by atoms with Crippen molar-refractivity contribution in [2.75, 3.05) is 5.73 Å². The van der Waals surface area contributed by atoms with Gasteiger partial charge in [-0.2, -0.15) is 0 Å². The molecule has 0 spiro atoms. The average molecular weight is 423 g/mol. The lowest BCUT2D eigenvalue weighted by molar-refractivity contribution is 0.0903. The topological polar surface area (TPSA) is 72.9 Å². The second kappa shape index (κ2) is 8.71. The highest BCUT2D eigenvalue weighted by molar-refractivity contribution is 5.94. The average Bonchev–Trinajstić information content (AvgIpc) is 3.20. The Hall–Kier alpha value is -3.86. The molecule has 1 aliphatic carbocycles. The highest BCUT2D eigenvalue weighted by Crippen LogP contribution is 2.40. The van der Waals surface area contributed by atoms with Crippen LogP contribution in [0.25, 0.3) is 11.3 Å². The number of amides is 1. The molecule has 0 radical (unpaired) electrons. The van der Waals surface area contributed by atoms with E-state index in [1.54, 1.807) is 6.07 Å². The lowest BCUT2D eigenvalue weighted by Gasteiger charge is -2.38. The highest BCUT2D eigenvalue weighted by Gasteiger charge is 2.36. The minimum absolute atomic E-state index is 0.0146. The number of anilines is 1. The largest absolute Gasteiger partial charge is 0.384 e. The van der Waals surface area contributed by atoms with Crippen LogP contribution in [0.3, 0.4) is 0 Å². The van der Waals surface area contributed by atoms with Gasteiger partial charge in [-0.05, 0) is 54.8 Å². The van der Waals surface area contributed by atoms with Crippen molar-refractivity contribution in [3.8, 4) is 11.3 Å². The summed E-state index contributed by atoms with van der Waals surface area (Å²) in [6.45, 7) is 0.632. The molecule has 2 aromatic heterocycles. The standard InChI is InChI=1S/C27H26N4O/c28-26-13-7-12-21(29-26)18-31-24(19-8-3-1-4-9-19)16-17-25(31)22-14-15-23(22)30-27(32)20-10-5-2-6-11-20/h1-13,16-17,22-23H,14-15,18H2,(H2,28,29)(H,30,32). The predicted molar refractivity (Wildman–Crippen MR) is 127 cm³/mol. The molecular formula is C27H26N4O. The summed E-state index contributed by atoms with van der Waals surface area (Å²) in [7, 11) is 0. The molecule has 2 aromatic carbocycles. The Balaban J connectivity index is 1.45. The number of hydrogen-bond acceptors (Lipinski definition) is 3. The number of benzene rings is 2. The fourth-order valence-electron chi connectivity index (χ4n) is 4.46. The van der Waals surface area contributed by atoms with Crippen molar-refractivity contribution in [2.24, 2.45) is 0 Å². The maximum absolute atomic E-state index is 12.7. The molecule has 5 nitrogen and oxygen atoms in total. The van der Waals surface area contributed by atoms with Gasteiger partial charge in [0.05, 0.1) is 12.2 Å². The van der Waals surface area contributed by atoms with Crippen LogP contribution in [-0.2, 0) is 6.54 Å². The molecule has 2 unspecified atom stereocenters. The lowest BCUT2D eigenvalue weighted by atomic mass is 9.77. The Bertz CT molecular complexity index is 1220. The summed E-state index contributed by atoms with van der Waals surface area (Å²) in [4.78, 5) is 17.2. The number of hydrogen-bond donors (Lipinski definition) is 2. The molecule has 0 aliphatic heterocycles. The number of carbonyl (C=O) groups is 1. The molecule has 5 rings (SSSR count). The Morgan fingerprint density at radius 3 is 2.34 bits per heavy atom. The smallest absolute Gasteiger partial charge is 0.251 e. The zero-order valence-electron chi connectivity index (χ0n) is 17.8. The second-order valence-corrected chi connectivity index (χ2v) is 8.28. The summed E-state index contributed by atoms with van der Waals surface area (Å²) in [6.07, 6.45) is 2.02. The zero-order valence-corrected chi connectivity index (χ0v) is 17.8. The van der Waals surface area contributed by atoms with Crippen LogP contribution < -0.4 is 11.1 Å². The van der Waals surface area contributed by atoms with E-state index in [-0.39, 0.29) is 17.9 Å². The summed E-state index contributed by atoms with van der Waals surface area (Å²) in [5.41, 5.74) is 11.1. The molecule has 1 fully saturated rings. The fourth-order valence-corrected chi connectivity index (χ4v) is 4.46. The van der Waals surface area contributed by atoms with Gasteiger partial charge in [-0.25, -0.2) is 4.98 Å². The Kier molecular flexibility index (Phi) is 5.46. The van der Waals surface area contributed by atoms with Crippen molar-refractivity contribution in [1.82, 2.24) is 14.9 Å². The first-order valence-corrected chi connectivity index (χ1v) is 11.0. The number of nitrogens with zero attached hydrogens (tertiary/aromatic N) is 2. The molecule has 0 bridgehead atoms. The molecule has 0 saturated heterocycles. The SMILES string of the molecule is Nc1cccc(Cn2c(-c3ccccc3)ccc2C2CCC2NC(=O)c2ccccc2)n1. The van der Waals surface area contributed by atoms with Crippen LogP contribution in [0.1, 0.15) is 40.5 Å².